The first-order valence-corrected chi connectivity index (χ1v) is 3.57. The van der Waals surface area contributed by atoms with Gasteiger partial charge < -0.3 is 17.0 Å². The molecular weight excluding hydrogens is 193 g/mol. The minimum atomic E-state index is 0. The van der Waals surface area contributed by atoms with Crippen LogP contribution in [-0.4, -0.2) is 0 Å². The van der Waals surface area contributed by atoms with Crippen molar-refractivity contribution in [2.75, 3.05) is 0 Å². The van der Waals surface area contributed by atoms with Crippen LogP contribution in [0.1, 0.15) is 13.3 Å². The Morgan fingerprint density at radius 2 is 2.17 bits per heavy atom. The van der Waals surface area contributed by atoms with Crippen molar-refractivity contribution in [2.45, 2.75) is 13.3 Å². The molecule has 0 aliphatic heterocycles. The topological polar surface area (TPSA) is 0 Å². The molecule has 6 heavy (non-hydrogen) atoms. The van der Waals surface area contributed by atoms with Crippen LogP contribution in [0.5, 0.6) is 0 Å². The molecule has 0 aliphatic carbocycles. The second-order valence-corrected chi connectivity index (χ2v) is 1.87. The Morgan fingerprint density at radius 1 is 1.67 bits per heavy atom. The fourth-order valence-electron chi connectivity index (χ4n) is 0.167. The van der Waals surface area contributed by atoms with E-state index in [2.05, 4.69) is 17.7 Å². The minimum absolute atomic E-state index is 0. The molecule has 0 spiro atoms. The second kappa shape index (κ2) is 9.28. The smallest absolute Gasteiger partial charge is 1.00 e. The van der Waals surface area contributed by atoms with E-state index < -0.39 is 0 Å². The first-order valence-electron chi connectivity index (χ1n) is 1.86. The third kappa shape index (κ3) is 8.85. The van der Waals surface area contributed by atoms with E-state index >= 15 is 0 Å². The third-order valence-electron chi connectivity index (χ3n) is 0.402. The number of allylic oxidation sites excluding steroid dienone is 1. The molecule has 0 radical (unpaired) electrons. The second-order valence-electron chi connectivity index (χ2n) is 0.880. The van der Waals surface area contributed by atoms with E-state index in [9.17, 15) is 0 Å². The van der Waals surface area contributed by atoms with Gasteiger partial charge in [-0.25, -0.2) is 0 Å². The molecule has 0 bridgehead atoms. The summed E-state index contributed by atoms with van der Waals surface area (Å²) in [5.41, 5.74) is 0. The number of halogens is 1. The Labute approximate surface area is 59.5 Å². The fraction of sp³-hybridized carbons (Fsp3) is 0.500. The molecule has 0 N–H and O–H groups in total. The van der Waals surface area contributed by atoms with Crippen LogP contribution in [0, 0.1) is 0 Å². The number of hydrogen-bond acceptors (Lipinski definition) is 0. The predicted molar refractivity (Wildman–Crippen MR) is 19.4 cm³/mol. The van der Waals surface area contributed by atoms with Crippen molar-refractivity contribution < 1.29 is 35.3 Å². The molecule has 0 aliphatic rings. The summed E-state index contributed by atoms with van der Waals surface area (Å²) in [7, 11) is 0. The fourth-order valence-corrected chi connectivity index (χ4v) is 0.866. The molecule has 0 nitrogen and oxygen atoms in total. The quantitative estimate of drug-likeness (QED) is 0.450. The van der Waals surface area contributed by atoms with Gasteiger partial charge in [-0.2, -0.15) is 0 Å². The summed E-state index contributed by atoms with van der Waals surface area (Å²) < 4.78 is 2.18. The molecule has 0 amide bonds. The SMILES string of the molecule is CCC=[CH][Zn+].[Br-]. The Hall–Kier alpha value is 0.843. The van der Waals surface area contributed by atoms with Gasteiger partial charge in [0.1, 0.15) is 0 Å². The van der Waals surface area contributed by atoms with Crippen molar-refractivity contribution in [1.29, 1.82) is 0 Å². The van der Waals surface area contributed by atoms with Gasteiger partial charge in [-0.15, -0.1) is 0 Å². The van der Waals surface area contributed by atoms with Gasteiger partial charge in [0.15, 0.2) is 0 Å². The zero-order chi connectivity index (χ0) is 4.12. The molecule has 0 aromatic heterocycles. The van der Waals surface area contributed by atoms with Crippen LogP contribution in [0.4, 0.5) is 0 Å². The van der Waals surface area contributed by atoms with Crippen molar-refractivity contribution in [2.24, 2.45) is 0 Å². The van der Waals surface area contributed by atoms with E-state index in [-0.39, 0.29) is 17.0 Å². The van der Waals surface area contributed by atoms with Gasteiger partial charge in [-0.05, 0) is 0 Å². The maximum Gasteiger partial charge on any atom is -1.00 e. The first kappa shape index (κ1) is 9.96. The van der Waals surface area contributed by atoms with E-state index in [0.717, 1.165) is 0 Å². The minimum Gasteiger partial charge on any atom is -1.00 e. The van der Waals surface area contributed by atoms with E-state index in [4.69, 9.17) is 0 Å². The molecular formula is C4H7BrZn. The van der Waals surface area contributed by atoms with E-state index in [1.54, 1.807) is 0 Å². The Bertz CT molecular complexity index is 34.5. The molecule has 0 aromatic rings. The van der Waals surface area contributed by atoms with Gasteiger partial charge in [0, 0.05) is 0 Å². The standard InChI is InChI=1S/C4H7.BrH.Zn/c1-3-4-2;;/h1,3H,4H2,2H3;1H;/q;;+1/p-1. The van der Waals surface area contributed by atoms with Crippen LogP contribution in [-0.2, 0) is 18.3 Å². The molecule has 0 rings (SSSR count). The normalized spacial score (nSPS) is 8.50. The molecule has 0 saturated heterocycles. The molecule has 2 heteroatoms. The summed E-state index contributed by atoms with van der Waals surface area (Å²) >= 11 is 1.30. The van der Waals surface area contributed by atoms with E-state index in [1.807, 2.05) is 0 Å². The predicted octanol–water partition coefficient (Wildman–Crippen LogP) is -1.54. The summed E-state index contributed by atoms with van der Waals surface area (Å²) in [5, 5.41) is 0. The van der Waals surface area contributed by atoms with Crippen LogP contribution in [0.2, 0.25) is 0 Å². The van der Waals surface area contributed by atoms with Gasteiger partial charge in [0.25, 0.3) is 0 Å². The van der Waals surface area contributed by atoms with Crippen LogP contribution >= 0.6 is 0 Å². The average Bonchev–Trinajstić information content (AvgIpc) is 1.41. The van der Waals surface area contributed by atoms with E-state index in [1.165, 1.54) is 24.7 Å². The molecule has 0 saturated carbocycles. The van der Waals surface area contributed by atoms with Gasteiger partial charge in [0.05, 0.1) is 0 Å². The zero-order valence-corrected chi connectivity index (χ0v) is 8.50. The van der Waals surface area contributed by atoms with Gasteiger partial charge in [-0.3, -0.25) is 0 Å². The molecule has 0 unspecified atom stereocenters. The van der Waals surface area contributed by atoms with Crippen molar-refractivity contribution in [3.05, 3.63) is 10.7 Å². The van der Waals surface area contributed by atoms with Crippen molar-refractivity contribution in [3.63, 3.8) is 0 Å². The van der Waals surface area contributed by atoms with E-state index in [0.29, 0.717) is 0 Å². The van der Waals surface area contributed by atoms with Gasteiger partial charge in [0.2, 0.25) is 0 Å². The molecule has 0 atom stereocenters. The molecule has 0 aromatic carbocycles. The Morgan fingerprint density at radius 3 is 2.17 bits per heavy atom. The summed E-state index contributed by atoms with van der Waals surface area (Å²) in [6, 6.07) is 0. The first-order chi connectivity index (χ1) is 2.41. The van der Waals surface area contributed by atoms with Gasteiger partial charge >= 0.3 is 42.4 Å². The van der Waals surface area contributed by atoms with Gasteiger partial charge in [-0.1, -0.05) is 0 Å². The van der Waals surface area contributed by atoms with Crippen LogP contribution in [0.25, 0.3) is 0 Å². The zero-order valence-electron chi connectivity index (χ0n) is 3.95. The number of hydrogen-bond donors (Lipinski definition) is 0. The molecule has 0 fully saturated rings. The number of rotatable bonds is 1. The van der Waals surface area contributed by atoms with Crippen LogP contribution < -0.4 is 17.0 Å². The molecule has 0 heterocycles. The summed E-state index contributed by atoms with van der Waals surface area (Å²) in [5.74, 6) is 0. The maximum absolute atomic E-state index is 2.18. The van der Waals surface area contributed by atoms with Crippen molar-refractivity contribution >= 4 is 0 Å². The maximum atomic E-state index is 2.18. The Kier molecular flexibility index (Phi) is 15.4. The Balaban J connectivity index is 0. The summed E-state index contributed by atoms with van der Waals surface area (Å²) in [6.07, 6.45) is 3.38. The summed E-state index contributed by atoms with van der Waals surface area (Å²) in [4.78, 5) is 0. The van der Waals surface area contributed by atoms with Crippen molar-refractivity contribution in [1.82, 2.24) is 0 Å². The summed E-state index contributed by atoms with van der Waals surface area (Å²) in [6.45, 7) is 2.14. The average molecular weight is 200 g/mol. The van der Waals surface area contributed by atoms with Crippen LogP contribution in [0.3, 0.4) is 0 Å². The third-order valence-corrected chi connectivity index (χ3v) is 1.10. The monoisotopic (exact) mass is 198 g/mol. The molecule has 32 valence electrons. The van der Waals surface area contributed by atoms with Crippen molar-refractivity contribution in [3.8, 4) is 0 Å². The largest absolute Gasteiger partial charge is 1.00 e. The van der Waals surface area contributed by atoms with Crippen LogP contribution in [0.15, 0.2) is 10.7 Å².